The summed E-state index contributed by atoms with van der Waals surface area (Å²) < 4.78 is 0.779. The highest BCUT2D eigenvalue weighted by Crippen LogP contribution is 2.00. The van der Waals surface area contributed by atoms with E-state index in [-0.39, 0.29) is 0 Å². The molecule has 60 valence electrons. The van der Waals surface area contributed by atoms with Crippen LogP contribution in [0.1, 0.15) is 25.5 Å². The van der Waals surface area contributed by atoms with Crippen molar-refractivity contribution in [3.8, 4) is 0 Å². The quantitative estimate of drug-likeness (QED) is 0.702. The Labute approximate surface area is 71.7 Å². The summed E-state index contributed by atoms with van der Waals surface area (Å²) in [5.74, 6) is 0. The summed E-state index contributed by atoms with van der Waals surface area (Å²) >= 11 is 5.05. The zero-order valence-corrected chi connectivity index (χ0v) is 7.45. The Morgan fingerprint density at radius 1 is 1.64 bits per heavy atom. The summed E-state index contributed by atoms with van der Waals surface area (Å²) in [5, 5.41) is 0. The number of H-pyrrole nitrogens is 1. The monoisotopic (exact) mass is 168 g/mol. The first-order chi connectivity index (χ1) is 5.34. The van der Waals surface area contributed by atoms with E-state index in [1.54, 1.807) is 12.4 Å². The molecule has 0 fully saturated rings. The molecular formula is C8H12N2S. The van der Waals surface area contributed by atoms with Crippen molar-refractivity contribution in [2.75, 3.05) is 0 Å². The van der Waals surface area contributed by atoms with Crippen LogP contribution >= 0.6 is 12.2 Å². The Morgan fingerprint density at radius 2 is 2.45 bits per heavy atom. The van der Waals surface area contributed by atoms with Gasteiger partial charge in [0.2, 0.25) is 0 Å². The molecule has 0 aliphatic carbocycles. The van der Waals surface area contributed by atoms with Gasteiger partial charge in [-0.15, -0.1) is 0 Å². The first-order valence-corrected chi connectivity index (χ1v) is 4.28. The minimum absolute atomic E-state index is 0.779. The van der Waals surface area contributed by atoms with Gasteiger partial charge in [-0.25, -0.2) is 0 Å². The molecule has 0 aliphatic heterocycles. The van der Waals surface area contributed by atoms with E-state index in [0.717, 1.165) is 23.2 Å². The highest BCUT2D eigenvalue weighted by molar-refractivity contribution is 7.71. The van der Waals surface area contributed by atoms with Crippen molar-refractivity contribution in [2.45, 2.75) is 26.2 Å². The molecule has 0 saturated carbocycles. The molecule has 0 aliphatic rings. The molecule has 0 aromatic carbocycles. The van der Waals surface area contributed by atoms with Gasteiger partial charge >= 0.3 is 0 Å². The van der Waals surface area contributed by atoms with Gasteiger partial charge in [0.15, 0.2) is 0 Å². The van der Waals surface area contributed by atoms with Crippen molar-refractivity contribution >= 4 is 12.2 Å². The fourth-order valence-electron chi connectivity index (χ4n) is 0.904. The van der Waals surface area contributed by atoms with Gasteiger partial charge in [-0.2, -0.15) is 0 Å². The van der Waals surface area contributed by atoms with Crippen LogP contribution in [0.2, 0.25) is 0 Å². The fourth-order valence-corrected chi connectivity index (χ4v) is 1.13. The number of aromatic nitrogens is 2. The number of hydrogen-bond acceptors (Lipinski definition) is 2. The summed E-state index contributed by atoms with van der Waals surface area (Å²) in [4.78, 5) is 7.14. The van der Waals surface area contributed by atoms with Gasteiger partial charge in [0, 0.05) is 12.4 Å². The molecule has 0 radical (unpaired) electrons. The van der Waals surface area contributed by atoms with Crippen LogP contribution in [0.15, 0.2) is 12.4 Å². The van der Waals surface area contributed by atoms with Crippen LogP contribution in [0.25, 0.3) is 0 Å². The maximum Gasteiger partial charge on any atom is 0.125 e. The van der Waals surface area contributed by atoms with Gasteiger partial charge in [0.05, 0.1) is 5.69 Å². The lowest BCUT2D eigenvalue weighted by atomic mass is 10.2. The average Bonchev–Trinajstić information content (AvgIpc) is 2.03. The maximum absolute atomic E-state index is 5.05. The van der Waals surface area contributed by atoms with Crippen molar-refractivity contribution in [1.82, 2.24) is 9.97 Å². The molecule has 11 heavy (non-hydrogen) atoms. The van der Waals surface area contributed by atoms with Crippen molar-refractivity contribution in [1.29, 1.82) is 0 Å². The summed E-state index contributed by atoms with van der Waals surface area (Å²) in [6, 6.07) is 0. The molecule has 0 unspecified atom stereocenters. The third kappa shape index (κ3) is 2.42. The van der Waals surface area contributed by atoms with Crippen LogP contribution in [-0.4, -0.2) is 9.97 Å². The van der Waals surface area contributed by atoms with Crippen molar-refractivity contribution in [3.05, 3.63) is 22.7 Å². The number of nitrogens with zero attached hydrogens (tertiary/aromatic N) is 1. The minimum atomic E-state index is 0.779. The molecule has 0 bridgehead atoms. The van der Waals surface area contributed by atoms with E-state index in [1.165, 1.54) is 6.42 Å². The Hall–Kier alpha value is -0.700. The summed E-state index contributed by atoms with van der Waals surface area (Å²) in [6.07, 6.45) is 6.85. The van der Waals surface area contributed by atoms with Gasteiger partial charge in [0.1, 0.15) is 4.64 Å². The molecule has 0 atom stereocenters. The van der Waals surface area contributed by atoms with Gasteiger partial charge in [-0.1, -0.05) is 25.6 Å². The number of unbranched alkanes of at least 4 members (excludes halogenated alkanes) is 1. The zero-order valence-electron chi connectivity index (χ0n) is 6.63. The number of aromatic amines is 1. The van der Waals surface area contributed by atoms with Gasteiger partial charge in [-0.05, 0) is 12.8 Å². The second-order valence-electron chi connectivity index (χ2n) is 2.47. The zero-order chi connectivity index (χ0) is 8.10. The van der Waals surface area contributed by atoms with E-state index in [2.05, 4.69) is 16.9 Å². The van der Waals surface area contributed by atoms with Crippen LogP contribution in [0.3, 0.4) is 0 Å². The Bertz CT molecular complexity index is 267. The average molecular weight is 168 g/mol. The van der Waals surface area contributed by atoms with Gasteiger partial charge in [-0.3, -0.25) is 4.98 Å². The van der Waals surface area contributed by atoms with E-state index in [9.17, 15) is 0 Å². The third-order valence-electron chi connectivity index (χ3n) is 1.55. The Morgan fingerprint density at radius 3 is 3.09 bits per heavy atom. The second-order valence-corrected chi connectivity index (χ2v) is 2.88. The predicted octanol–water partition coefficient (Wildman–Crippen LogP) is 2.48. The summed E-state index contributed by atoms with van der Waals surface area (Å²) in [6.45, 7) is 2.16. The smallest absolute Gasteiger partial charge is 0.125 e. The SMILES string of the molecule is CCCCc1ncc[nH]c1=S. The summed E-state index contributed by atoms with van der Waals surface area (Å²) in [7, 11) is 0. The van der Waals surface area contributed by atoms with Crippen molar-refractivity contribution in [2.24, 2.45) is 0 Å². The number of nitrogens with one attached hydrogen (secondary N) is 1. The first-order valence-electron chi connectivity index (χ1n) is 3.87. The molecular weight excluding hydrogens is 156 g/mol. The fraction of sp³-hybridized carbons (Fsp3) is 0.500. The van der Waals surface area contributed by atoms with Gasteiger partial charge in [0.25, 0.3) is 0 Å². The lowest BCUT2D eigenvalue weighted by molar-refractivity contribution is 0.769. The highest BCUT2D eigenvalue weighted by Gasteiger charge is 1.94. The van der Waals surface area contributed by atoms with Crippen molar-refractivity contribution < 1.29 is 0 Å². The topological polar surface area (TPSA) is 28.7 Å². The molecule has 1 heterocycles. The molecule has 1 aromatic rings. The van der Waals surface area contributed by atoms with Gasteiger partial charge < -0.3 is 4.98 Å². The van der Waals surface area contributed by atoms with E-state index in [1.807, 2.05) is 0 Å². The van der Waals surface area contributed by atoms with E-state index in [0.29, 0.717) is 0 Å². The first kappa shape index (κ1) is 8.40. The van der Waals surface area contributed by atoms with Crippen LogP contribution in [0.5, 0.6) is 0 Å². The number of hydrogen-bond donors (Lipinski definition) is 1. The molecule has 0 amide bonds. The standard InChI is InChI=1S/C8H12N2S/c1-2-3-4-7-8(11)10-6-5-9-7/h5-6H,2-4H2,1H3,(H,10,11). The molecule has 0 saturated heterocycles. The normalized spacial score (nSPS) is 9.91. The lowest BCUT2D eigenvalue weighted by Crippen LogP contribution is -1.91. The minimum Gasteiger partial charge on any atom is -0.350 e. The molecule has 0 spiro atoms. The number of rotatable bonds is 3. The molecule has 2 nitrogen and oxygen atoms in total. The highest BCUT2D eigenvalue weighted by atomic mass is 32.1. The molecule has 1 rings (SSSR count). The Balaban J connectivity index is 2.70. The number of aryl methyl sites for hydroxylation is 1. The largest absolute Gasteiger partial charge is 0.350 e. The predicted molar refractivity (Wildman–Crippen MR) is 48.0 cm³/mol. The molecule has 1 aromatic heterocycles. The molecule has 1 N–H and O–H groups in total. The summed E-state index contributed by atoms with van der Waals surface area (Å²) in [5.41, 5.74) is 1.02. The maximum atomic E-state index is 5.05. The van der Waals surface area contributed by atoms with Crippen LogP contribution in [0.4, 0.5) is 0 Å². The lowest BCUT2D eigenvalue weighted by Gasteiger charge is -1.96. The van der Waals surface area contributed by atoms with Crippen LogP contribution < -0.4 is 0 Å². The third-order valence-corrected chi connectivity index (χ3v) is 1.90. The van der Waals surface area contributed by atoms with Crippen molar-refractivity contribution in [3.63, 3.8) is 0 Å². The van der Waals surface area contributed by atoms with Crippen LogP contribution in [-0.2, 0) is 6.42 Å². The second kappa shape index (κ2) is 4.23. The Kier molecular flexibility index (Phi) is 3.23. The molecule has 3 heteroatoms. The van der Waals surface area contributed by atoms with Crippen LogP contribution in [0, 0.1) is 4.64 Å². The van der Waals surface area contributed by atoms with E-state index < -0.39 is 0 Å². The van der Waals surface area contributed by atoms with E-state index >= 15 is 0 Å². The van der Waals surface area contributed by atoms with E-state index in [4.69, 9.17) is 12.2 Å².